The number of pyridine rings is 2. The Morgan fingerprint density at radius 2 is 2.06 bits per heavy atom. The smallest absolute Gasteiger partial charge is 0.166 e. The Bertz CT molecular complexity index is 1410. The summed E-state index contributed by atoms with van der Waals surface area (Å²) in [5.74, 6) is 0.589. The Hall–Kier alpha value is -3.74. The van der Waals surface area contributed by atoms with E-state index in [1.54, 1.807) is 18.5 Å². The van der Waals surface area contributed by atoms with Crippen molar-refractivity contribution in [3.8, 4) is 28.3 Å². The number of anilines is 1. The molecule has 0 spiro atoms. The summed E-state index contributed by atoms with van der Waals surface area (Å²) in [6, 6.07) is 10.9. The minimum atomic E-state index is -0.461. The van der Waals surface area contributed by atoms with E-state index in [0.717, 1.165) is 65.1 Å². The minimum absolute atomic E-state index is 0.123. The highest BCUT2D eigenvalue weighted by Crippen LogP contribution is 2.46. The summed E-state index contributed by atoms with van der Waals surface area (Å²) in [5, 5.41) is 4.99. The van der Waals surface area contributed by atoms with Gasteiger partial charge in [0, 0.05) is 47.1 Å². The zero-order chi connectivity index (χ0) is 23.4. The van der Waals surface area contributed by atoms with Crippen molar-refractivity contribution >= 4 is 5.82 Å². The van der Waals surface area contributed by atoms with Crippen LogP contribution in [0.4, 0.5) is 10.2 Å². The van der Waals surface area contributed by atoms with Crippen LogP contribution in [0.3, 0.4) is 0 Å². The molecule has 2 atom stereocenters. The molecule has 4 heterocycles. The normalized spacial score (nSPS) is 18.6. The van der Waals surface area contributed by atoms with Crippen LogP contribution >= 0.6 is 0 Å². The van der Waals surface area contributed by atoms with Gasteiger partial charge in [0.15, 0.2) is 11.6 Å². The number of nitrogen functional groups attached to an aromatic ring is 1. The van der Waals surface area contributed by atoms with E-state index in [9.17, 15) is 4.39 Å². The van der Waals surface area contributed by atoms with Crippen molar-refractivity contribution < 1.29 is 9.13 Å². The van der Waals surface area contributed by atoms with Crippen LogP contribution in [-0.4, -0.2) is 19.7 Å². The quantitative estimate of drug-likeness (QED) is 0.400. The first-order valence-electron chi connectivity index (χ1n) is 11.8. The maximum Gasteiger partial charge on any atom is 0.166 e. The second-order valence-corrected chi connectivity index (χ2v) is 9.01. The monoisotopic (exact) mass is 455 g/mol. The van der Waals surface area contributed by atoms with Crippen LogP contribution in [0.15, 0.2) is 48.8 Å². The molecule has 172 valence electrons. The molecular formula is C27H26FN5O. The summed E-state index contributed by atoms with van der Waals surface area (Å²) >= 11 is 0. The molecule has 6 nitrogen and oxygen atoms in total. The van der Waals surface area contributed by atoms with Crippen molar-refractivity contribution in [3.63, 3.8) is 0 Å². The highest BCUT2D eigenvalue weighted by Gasteiger charge is 2.33. The van der Waals surface area contributed by atoms with Crippen molar-refractivity contribution in [3.05, 3.63) is 77.0 Å². The van der Waals surface area contributed by atoms with E-state index in [2.05, 4.69) is 22.7 Å². The number of aryl methyl sites for hydroxylation is 2. The fourth-order valence-electron chi connectivity index (χ4n) is 5.48. The van der Waals surface area contributed by atoms with Gasteiger partial charge in [-0.2, -0.15) is 5.10 Å². The van der Waals surface area contributed by atoms with Crippen LogP contribution in [0.1, 0.15) is 61.1 Å². The number of halogens is 1. The van der Waals surface area contributed by atoms with Gasteiger partial charge >= 0.3 is 0 Å². The molecule has 4 aromatic rings. The van der Waals surface area contributed by atoms with Gasteiger partial charge in [0.2, 0.25) is 0 Å². The molecule has 7 heteroatoms. The van der Waals surface area contributed by atoms with Gasteiger partial charge in [-0.05, 0) is 69.0 Å². The van der Waals surface area contributed by atoms with Crippen molar-refractivity contribution in [2.45, 2.75) is 51.7 Å². The Balaban J connectivity index is 1.72. The molecule has 2 aliphatic rings. The molecule has 1 aliphatic heterocycles. The average molecular weight is 456 g/mol. The molecule has 34 heavy (non-hydrogen) atoms. The molecule has 6 rings (SSSR count). The number of rotatable bonds is 1. The topological polar surface area (TPSA) is 78.9 Å². The highest BCUT2D eigenvalue weighted by atomic mass is 19.1. The summed E-state index contributed by atoms with van der Waals surface area (Å²) in [6.07, 6.45) is 6.11. The Labute approximate surface area is 197 Å². The molecule has 0 fully saturated rings. The number of nitrogens with zero attached hydrogens (tertiary/aromatic N) is 4. The van der Waals surface area contributed by atoms with Gasteiger partial charge in [0.25, 0.3) is 0 Å². The molecule has 1 aromatic carbocycles. The van der Waals surface area contributed by atoms with E-state index in [1.807, 2.05) is 19.1 Å². The number of hydrogen-bond acceptors (Lipinski definition) is 5. The fraction of sp³-hybridized carbons (Fsp3) is 0.296. The van der Waals surface area contributed by atoms with Gasteiger partial charge in [-0.3, -0.25) is 9.67 Å². The average Bonchev–Trinajstić information content (AvgIpc) is 3.24. The largest absolute Gasteiger partial charge is 0.482 e. The zero-order valence-electron chi connectivity index (χ0n) is 19.3. The predicted octanol–water partition coefficient (Wildman–Crippen LogP) is 5.67. The molecule has 0 saturated heterocycles. The second-order valence-electron chi connectivity index (χ2n) is 9.01. The van der Waals surface area contributed by atoms with E-state index >= 15 is 0 Å². The van der Waals surface area contributed by atoms with Gasteiger partial charge < -0.3 is 10.5 Å². The number of fused-ring (bicyclic) bond motifs is 7. The van der Waals surface area contributed by atoms with Crippen LogP contribution in [0.5, 0.6) is 5.75 Å². The minimum Gasteiger partial charge on any atom is -0.482 e. The van der Waals surface area contributed by atoms with Crippen LogP contribution in [0.25, 0.3) is 22.5 Å². The number of ether oxygens (including phenoxy) is 1. The van der Waals surface area contributed by atoms with Crippen LogP contribution < -0.4 is 10.5 Å². The summed E-state index contributed by atoms with van der Waals surface area (Å²) in [4.78, 5) is 9.27. The van der Waals surface area contributed by atoms with Crippen LogP contribution in [0, 0.1) is 5.82 Å². The van der Waals surface area contributed by atoms with Crippen LogP contribution in [0.2, 0.25) is 0 Å². The molecule has 0 saturated carbocycles. The molecule has 1 unspecified atom stereocenters. The van der Waals surface area contributed by atoms with Gasteiger partial charge in [-0.25, -0.2) is 9.37 Å². The third kappa shape index (κ3) is 3.18. The van der Waals surface area contributed by atoms with Gasteiger partial charge in [-0.1, -0.05) is 6.07 Å². The first-order chi connectivity index (χ1) is 16.5. The van der Waals surface area contributed by atoms with Gasteiger partial charge in [-0.15, -0.1) is 0 Å². The standard InChI is InChI=1S/C27H26FN5O/c1-3-33-26-16-12-23(27(29)31-14-16)34-15(2)21-13-17(28)9-10-20(21)25-19(7-5-11-30-25)18-6-4-8-22(32-33)24(18)26/h5,7,9-15,18H,3-4,6,8H2,1-2H3,(H2,29,31)/t15-,18?/m1/s1. The fourth-order valence-corrected chi connectivity index (χ4v) is 5.48. The lowest BCUT2D eigenvalue weighted by atomic mass is 9.78. The van der Waals surface area contributed by atoms with E-state index in [1.165, 1.54) is 17.7 Å². The molecule has 2 N–H and O–H groups in total. The van der Waals surface area contributed by atoms with Crippen molar-refractivity contribution in [2.75, 3.05) is 5.73 Å². The van der Waals surface area contributed by atoms with Crippen molar-refractivity contribution in [1.82, 2.24) is 19.7 Å². The van der Waals surface area contributed by atoms with E-state index in [-0.39, 0.29) is 11.7 Å². The van der Waals surface area contributed by atoms with Gasteiger partial charge in [0.05, 0.1) is 17.1 Å². The summed E-state index contributed by atoms with van der Waals surface area (Å²) in [6.45, 7) is 4.75. The molecule has 3 aromatic heterocycles. The summed E-state index contributed by atoms with van der Waals surface area (Å²) in [5.41, 5.74) is 14.1. The lowest BCUT2D eigenvalue weighted by molar-refractivity contribution is 0.227. The van der Waals surface area contributed by atoms with Crippen molar-refractivity contribution in [2.24, 2.45) is 0 Å². The highest BCUT2D eigenvalue weighted by molar-refractivity contribution is 5.74. The Kier molecular flexibility index (Phi) is 4.86. The lowest BCUT2D eigenvalue weighted by Crippen LogP contribution is -2.14. The number of hydrogen-bond donors (Lipinski definition) is 1. The third-order valence-electron chi connectivity index (χ3n) is 7.00. The SMILES string of the molecule is CCn1nc2c3c1-c1cnc(N)c(c1)O[C@H](C)c1cc(F)ccc1-c1ncccc1C3CCC2. The van der Waals surface area contributed by atoms with E-state index in [4.69, 9.17) is 20.6 Å². The number of aromatic nitrogens is 4. The molecule has 2 bridgehead atoms. The maximum absolute atomic E-state index is 14.4. The maximum atomic E-state index is 14.4. The number of benzene rings is 1. The van der Waals surface area contributed by atoms with Gasteiger partial charge in [0.1, 0.15) is 11.9 Å². The molecule has 0 amide bonds. The van der Waals surface area contributed by atoms with E-state index in [0.29, 0.717) is 11.6 Å². The second kappa shape index (κ2) is 7.94. The molecule has 1 aliphatic carbocycles. The first kappa shape index (κ1) is 20.8. The Morgan fingerprint density at radius 3 is 2.91 bits per heavy atom. The molecule has 0 radical (unpaired) electrons. The van der Waals surface area contributed by atoms with Crippen molar-refractivity contribution in [1.29, 1.82) is 0 Å². The zero-order valence-corrected chi connectivity index (χ0v) is 19.3. The number of nitrogens with two attached hydrogens (primary N) is 1. The van der Waals surface area contributed by atoms with E-state index < -0.39 is 6.10 Å². The summed E-state index contributed by atoms with van der Waals surface area (Å²) < 4.78 is 22.8. The molecular weight excluding hydrogens is 429 g/mol. The van der Waals surface area contributed by atoms with Crippen LogP contribution in [-0.2, 0) is 13.0 Å². The first-order valence-corrected chi connectivity index (χ1v) is 11.8. The predicted molar refractivity (Wildman–Crippen MR) is 129 cm³/mol. The summed E-state index contributed by atoms with van der Waals surface area (Å²) in [7, 11) is 0. The lowest BCUT2D eigenvalue weighted by Gasteiger charge is -2.27. The Morgan fingerprint density at radius 1 is 1.18 bits per heavy atom. The third-order valence-corrected chi connectivity index (χ3v) is 7.00.